The normalized spacial score (nSPS) is 12.5. The van der Waals surface area contributed by atoms with Gasteiger partial charge in [0.2, 0.25) is 0 Å². The number of ether oxygens (including phenoxy) is 1. The van der Waals surface area contributed by atoms with Crippen molar-refractivity contribution >= 4 is 17.6 Å². The first kappa shape index (κ1) is 12.0. The van der Waals surface area contributed by atoms with E-state index in [1.165, 1.54) is 6.92 Å². The Morgan fingerprint density at radius 2 is 2.27 bits per heavy atom. The number of carbonyl (C=O) groups is 1. The molecule has 1 N–H and O–H groups in total. The van der Waals surface area contributed by atoms with Crippen LogP contribution in [0.1, 0.15) is 18.1 Å². The van der Waals surface area contributed by atoms with Gasteiger partial charge in [0.15, 0.2) is 6.10 Å². The maximum Gasteiger partial charge on any atom is 0.332 e. The Morgan fingerprint density at radius 3 is 2.80 bits per heavy atom. The minimum Gasteiger partial charge on any atom is -0.479 e. The van der Waals surface area contributed by atoms with Crippen LogP contribution < -0.4 is 0 Å². The minimum absolute atomic E-state index is 0.283. The van der Waals surface area contributed by atoms with Crippen LogP contribution in [-0.2, 0) is 16.1 Å². The molecule has 82 valence electrons. The molecule has 1 atom stereocenters. The van der Waals surface area contributed by atoms with Crippen LogP contribution in [0.4, 0.5) is 0 Å². The lowest BCUT2D eigenvalue weighted by Crippen LogP contribution is -2.19. The van der Waals surface area contributed by atoms with Crippen molar-refractivity contribution in [2.75, 3.05) is 0 Å². The number of hydrogen-bond donors (Lipinski definition) is 1. The Bertz CT molecular complexity index is 363. The quantitative estimate of drug-likeness (QED) is 0.862. The summed E-state index contributed by atoms with van der Waals surface area (Å²) < 4.78 is 5.14. The van der Waals surface area contributed by atoms with Crippen molar-refractivity contribution in [3.05, 3.63) is 34.3 Å². The fourth-order valence-electron chi connectivity index (χ4n) is 1.09. The van der Waals surface area contributed by atoms with Crippen LogP contribution in [-0.4, -0.2) is 17.2 Å². The monoisotopic (exact) mass is 228 g/mol. The van der Waals surface area contributed by atoms with Crippen molar-refractivity contribution in [3.63, 3.8) is 0 Å². The second-order valence-corrected chi connectivity index (χ2v) is 3.78. The predicted molar refractivity (Wildman–Crippen MR) is 58.1 cm³/mol. The molecular formula is C11H13ClO3. The van der Waals surface area contributed by atoms with Crippen molar-refractivity contribution in [3.8, 4) is 0 Å². The first-order chi connectivity index (χ1) is 7.00. The summed E-state index contributed by atoms with van der Waals surface area (Å²) in [4.78, 5) is 10.5. The van der Waals surface area contributed by atoms with Crippen molar-refractivity contribution in [1.29, 1.82) is 0 Å². The summed E-state index contributed by atoms with van der Waals surface area (Å²) in [5.74, 6) is -0.958. The Balaban J connectivity index is 2.58. The third-order valence-corrected chi connectivity index (χ3v) is 2.49. The molecule has 0 bridgehead atoms. The van der Waals surface area contributed by atoms with E-state index in [0.29, 0.717) is 5.02 Å². The lowest BCUT2D eigenvalue weighted by atomic mass is 10.1. The lowest BCUT2D eigenvalue weighted by Gasteiger charge is -2.09. The van der Waals surface area contributed by atoms with E-state index in [1.54, 1.807) is 6.07 Å². The number of carboxylic acids is 1. The molecule has 15 heavy (non-hydrogen) atoms. The SMILES string of the molecule is Cc1cc(CO[C@@H](C)C(=O)O)ccc1Cl. The molecule has 4 heteroatoms. The average Bonchev–Trinajstić information content (AvgIpc) is 2.19. The van der Waals surface area contributed by atoms with Gasteiger partial charge in [0, 0.05) is 5.02 Å². The fraction of sp³-hybridized carbons (Fsp3) is 0.364. The zero-order valence-corrected chi connectivity index (χ0v) is 9.41. The molecule has 3 nitrogen and oxygen atoms in total. The first-order valence-corrected chi connectivity index (χ1v) is 4.98. The van der Waals surface area contributed by atoms with Crippen LogP contribution in [0.25, 0.3) is 0 Å². The van der Waals surface area contributed by atoms with E-state index < -0.39 is 12.1 Å². The maximum atomic E-state index is 10.5. The maximum absolute atomic E-state index is 10.5. The lowest BCUT2D eigenvalue weighted by molar-refractivity contribution is -0.149. The Hall–Kier alpha value is -1.06. The number of rotatable bonds is 4. The summed E-state index contributed by atoms with van der Waals surface area (Å²) in [5, 5.41) is 9.31. The summed E-state index contributed by atoms with van der Waals surface area (Å²) in [7, 11) is 0. The first-order valence-electron chi connectivity index (χ1n) is 4.60. The van der Waals surface area contributed by atoms with Gasteiger partial charge in [-0.15, -0.1) is 0 Å². The zero-order chi connectivity index (χ0) is 11.4. The molecule has 0 amide bonds. The Labute approximate surface area is 93.6 Å². The smallest absolute Gasteiger partial charge is 0.332 e. The third-order valence-electron chi connectivity index (χ3n) is 2.07. The second kappa shape index (κ2) is 5.14. The van der Waals surface area contributed by atoms with E-state index in [2.05, 4.69) is 0 Å². The van der Waals surface area contributed by atoms with E-state index in [0.717, 1.165) is 11.1 Å². The van der Waals surface area contributed by atoms with Gasteiger partial charge in [-0.25, -0.2) is 4.79 Å². The summed E-state index contributed by atoms with van der Waals surface area (Å²) in [6, 6.07) is 5.49. The highest BCUT2D eigenvalue weighted by molar-refractivity contribution is 6.31. The number of carboxylic acid groups (broad SMARTS) is 1. The molecule has 0 saturated heterocycles. The van der Waals surface area contributed by atoms with Crippen molar-refractivity contribution in [2.45, 2.75) is 26.6 Å². The summed E-state index contributed by atoms with van der Waals surface area (Å²) >= 11 is 5.86. The number of hydrogen-bond acceptors (Lipinski definition) is 2. The second-order valence-electron chi connectivity index (χ2n) is 3.38. The zero-order valence-electron chi connectivity index (χ0n) is 8.66. The molecule has 0 aliphatic rings. The predicted octanol–water partition coefficient (Wildman–Crippen LogP) is 2.64. The highest BCUT2D eigenvalue weighted by Gasteiger charge is 2.10. The van der Waals surface area contributed by atoms with Gasteiger partial charge in [0.05, 0.1) is 6.61 Å². The van der Waals surface area contributed by atoms with Crippen LogP contribution >= 0.6 is 11.6 Å². The molecule has 0 fully saturated rings. The average molecular weight is 229 g/mol. The molecule has 0 aromatic heterocycles. The number of halogens is 1. The summed E-state index contributed by atoms with van der Waals surface area (Å²) in [6.07, 6.45) is -0.791. The van der Waals surface area contributed by atoms with Crippen LogP contribution in [0.3, 0.4) is 0 Å². The van der Waals surface area contributed by atoms with E-state index in [9.17, 15) is 4.79 Å². The van der Waals surface area contributed by atoms with Crippen molar-refractivity contribution in [2.24, 2.45) is 0 Å². The third kappa shape index (κ3) is 3.53. The van der Waals surface area contributed by atoms with Gasteiger partial charge in [0.25, 0.3) is 0 Å². The topological polar surface area (TPSA) is 46.5 Å². The Morgan fingerprint density at radius 1 is 1.60 bits per heavy atom. The van der Waals surface area contributed by atoms with E-state index >= 15 is 0 Å². The van der Waals surface area contributed by atoms with Crippen molar-refractivity contribution < 1.29 is 14.6 Å². The molecule has 0 unspecified atom stereocenters. The molecule has 0 aliphatic heterocycles. The van der Waals surface area contributed by atoms with Gasteiger partial charge in [-0.2, -0.15) is 0 Å². The molecule has 0 aliphatic carbocycles. The minimum atomic E-state index is -0.958. The van der Waals surface area contributed by atoms with Gasteiger partial charge in [-0.1, -0.05) is 23.7 Å². The number of aryl methyl sites for hydroxylation is 1. The van der Waals surface area contributed by atoms with Gasteiger partial charge < -0.3 is 9.84 Å². The summed E-state index contributed by atoms with van der Waals surface area (Å²) in [5.41, 5.74) is 1.88. The molecule has 1 rings (SSSR count). The van der Waals surface area contributed by atoms with Crippen LogP contribution in [0.2, 0.25) is 5.02 Å². The molecule has 1 aromatic rings. The van der Waals surface area contributed by atoms with Crippen LogP contribution in [0.15, 0.2) is 18.2 Å². The molecule has 0 radical (unpaired) electrons. The van der Waals surface area contributed by atoms with E-state index in [-0.39, 0.29) is 6.61 Å². The van der Waals surface area contributed by atoms with Gasteiger partial charge in [-0.05, 0) is 31.0 Å². The van der Waals surface area contributed by atoms with Crippen molar-refractivity contribution in [1.82, 2.24) is 0 Å². The van der Waals surface area contributed by atoms with E-state index in [1.807, 2.05) is 19.1 Å². The molecule has 0 spiro atoms. The highest BCUT2D eigenvalue weighted by atomic mass is 35.5. The molecule has 1 aromatic carbocycles. The summed E-state index contributed by atoms with van der Waals surface area (Å²) in [6.45, 7) is 3.68. The van der Waals surface area contributed by atoms with Crippen LogP contribution in [0, 0.1) is 6.92 Å². The van der Waals surface area contributed by atoms with Gasteiger partial charge >= 0.3 is 5.97 Å². The molecule has 0 heterocycles. The Kier molecular flexibility index (Phi) is 4.12. The number of aliphatic carboxylic acids is 1. The highest BCUT2D eigenvalue weighted by Crippen LogP contribution is 2.17. The largest absolute Gasteiger partial charge is 0.479 e. The van der Waals surface area contributed by atoms with Gasteiger partial charge in [-0.3, -0.25) is 0 Å². The fourth-order valence-corrected chi connectivity index (χ4v) is 1.21. The van der Waals surface area contributed by atoms with Crippen LogP contribution in [0.5, 0.6) is 0 Å². The van der Waals surface area contributed by atoms with E-state index in [4.69, 9.17) is 21.4 Å². The molecular weight excluding hydrogens is 216 g/mol. The number of benzene rings is 1. The standard InChI is InChI=1S/C11H13ClO3/c1-7-5-9(3-4-10(7)12)6-15-8(2)11(13)14/h3-5,8H,6H2,1-2H3,(H,13,14)/t8-/m0/s1. The van der Waals surface area contributed by atoms with Gasteiger partial charge in [0.1, 0.15) is 0 Å². The molecule has 0 saturated carbocycles.